The second kappa shape index (κ2) is 3.42. The Hall–Kier alpha value is -1.77. The van der Waals surface area contributed by atoms with Gasteiger partial charge in [-0.2, -0.15) is 0 Å². The number of rotatable bonds is 1. The van der Waals surface area contributed by atoms with Crippen molar-refractivity contribution in [3.63, 3.8) is 0 Å². The van der Waals surface area contributed by atoms with Crippen molar-refractivity contribution >= 4 is 5.95 Å². The molecule has 0 fully saturated rings. The quantitative estimate of drug-likeness (QED) is 0.756. The van der Waals surface area contributed by atoms with E-state index in [0.29, 0.717) is 0 Å². The molecule has 0 saturated heterocycles. The molecule has 1 N–H and O–H groups in total. The predicted molar refractivity (Wildman–Crippen MR) is 58.4 cm³/mol. The first-order valence-electron chi connectivity index (χ1n) is 5.05. The number of nitrogens with one attached hydrogen (secondary N) is 1. The summed E-state index contributed by atoms with van der Waals surface area (Å²) in [7, 11) is 0. The van der Waals surface area contributed by atoms with Crippen molar-refractivity contribution in [2.24, 2.45) is 0 Å². The molecule has 0 atom stereocenters. The van der Waals surface area contributed by atoms with Crippen molar-refractivity contribution in [3.8, 4) is 0 Å². The summed E-state index contributed by atoms with van der Waals surface area (Å²) >= 11 is 0. The first-order valence-corrected chi connectivity index (χ1v) is 5.05. The van der Waals surface area contributed by atoms with Crippen LogP contribution in [0.5, 0.6) is 0 Å². The zero-order valence-corrected chi connectivity index (χ0v) is 8.27. The number of aromatic nitrogens is 2. The van der Waals surface area contributed by atoms with Crippen LogP contribution in [-0.2, 0) is 6.42 Å². The van der Waals surface area contributed by atoms with Crippen LogP contribution in [0.25, 0.3) is 0 Å². The predicted octanol–water partition coefficient (Wildman–Crippen LogP) is 1.86. The van der Waals surface area contributed by atoms with E-state index in [1.807, 2.05) is 17.2 Å². The van der Waals surface area contributed by atoms with E-state index in [1.165, 1.54) is 11.1 Å². The van der Waals surface area contributed by atoms with E-state index in [-0.39, 0.29) is 0 Å². The van der Waals surface area contributed by atoms with Crippen molar-refractivity contribution in [1.29, 1.82) is 0 Å². The number of fused-ring (bicyclic) bond motifs is 1. The number of imidazole rings is 1. The van der Waals surface area contributed by atoms with Crippen LogP contribution in [0.15, 0.2) is 36.7 Å². The fourth-order valence-corrected chi connectivity index (χ4v) is 1.84. The van der Waals surface area contributed by atoms with E-state index < -0.39 is 0 Å². The van der Waals surface area contributed by atoms with Crippen LogP contribution in [0.4, 0.5) is 5.95 Å². The van der Waals surface area contributed by atoms with Crippen molar-refractivity contribution in [3.05, 3.63) is 54.3 Å². The van der Waals surface area contributed by atoms with Gasteiger partial charge in [0.05, 0.1) is 0 Å². The monoisotopic (exact) mass is 197 g/mol. The minimum Gasteiger partial charge on any atom is -0.331 e. The number of hydrogen-bond donors (Lipinski definition) is 1. The topological polar surface area (TPSA) is 31.9 Å². The third kappa shape index (κ3) is 1.50. The molecule has 15 heavy (non-hydrogen) atoms. The number of nitrogens with zero attached hydrogens (tertiary/aromatic N) is 2. The normalized spacial score (nSPS) is 15.1. The molecule has 2 heterocycles. The summed E-state index contributed by atoms with van der Waals surface area (Å²) in [5.41, 5.74) is 2.53. The van der Waals surface area contributed by atoms with E-state index in [0.717, 1.165) is 18.9 Å². The molecule has 3 heteroatoms. The Labute approximate surface area is 88.8 Å². The highest BCUT2D eigenvalue weighted by Gasteiger charge is 2.18. The summed E-state index contributed by atoms with van der Waals surface area (Å²) in [6, 6.07) is 8.35. The van der Waals surface area contributed by atoms with Gasteiger partial charge in [0.25, 0.3) is 0 Å². The number of anilines is 1. The van der Waals surface area contributed by atoms with Gasteiger partial charge in [0, 0.05) is 18.9 Å². The second-order valence-corrected chi connectivity index (χ2v) is 3.58. The molecule has 3 nitrogen and oxygen atoms in total. The summed E-state index contributed by atoms with van der Waals surface area (Å²) in [6.45, 7) is 4.27. The molecular weight excluding hydrogens is 186 g/mol. The van der Waals surface area contributed by atoms with Gasteiger partial charge < -0.3 is 9.88 Å². The number of benzene rings is 1. The van der Waals surface area contributed by atoms with Gasteiger partial charge in [0.15, 0.2) is 0 Å². The fraction of sp³-hybridized carbons (Fsp3) is 0.167. The lowest BCUT2D eigenvalue weighted by Gasteiger charge is -2.26. The summed E-state index contributed by atoms with van der Waals surface area (Å²) in [4.78, 5) is 9.34. The molecule has 0 spiro atoms. The Morgan fingerprint density at radius 1 is 1.33 bits per heavy atom. The third-order valence-electron chi connectivity index (χ3n) is 2.62. The van der Waals surface area contributed by atoms with Crippen molar-refractivity contribution in [2.75, 3.05) is 11.4 Å². The molecule has 74 valence electrons. The average molecular weight is 197 g/mol. The Balaban J connectivity index is 1.89. The Bertz CT molecular complexity index is 448. The van der Waals surface area contributed by atoms with Crippen LogP contribution in [0.2, 0.25) is 0 Å². The van der Waals surface area contributed by atoms with Crippen molar-refractivity contribution in [1.82, 2.24) is 9.97 Å². The summed E-state index contributed by atoms with van der Waals surface area (Å²) in [5.74, 6) is 0.865. The van der Waals surface area contributed by atoms with Crippen LogP contribution in [0.1, 0.15) is 11.1 Å². The SMILES string of the molecule is [C]1c2ccccc2CCN1c1ncc[nH]1. The highest BCUT2D eigenvalue weighted by molar-refractivity contribution is 5.46. The molecule has 2 aromatic rings. The molecule has 0 aliphatic carbocycles. The van der Waals surface area contributed by atoms with Gasteiger partial charge in [0.1, 0.15) is 6.54 Å². The van der Waals surface area contributed by atoms with Gasteiger partial charge in [-0.1, -0.05) is 24.3 Å². The molecule has 1 aliphatic rings. The Morgan fingerprint density at radius 3 is 3.13 bits per heavy atom. The van der Waals surface area contributed by atoms with E-state index in [1.54, 1.807) is 6.20 Å². The lowest BCUT2D eigenvalue weighted by atomic mass is 10.0. The van der Waals surface area contributed by atoms with E-state index >= 15 is 0 Å². The lowest BCUT2D eigenvalue weighted by Crippen LogP contribution is -2.29. The summed E-state index contributed by atoms with van der Waals surface area (Å²) in [5, 5.41) is 0. The molecule has 1 aromatic heterocycles. The number of aromatic amines is 1. The molecule has 0 unspecified atom stereocenters. The lowest BCUT2D eigenvalue weighted by molar-refractivity contribution is 0.808. The standard InChI is InChI=1S/C12H11N3/c1-2-4-11-9-15(8-5-10(11)3-1)12-13-6-7-14-12/h1-4,6-7H,5,8H2,(H,13,14). The third-order valence-corrected chi connectivity index (χ3v) is 2.62. The molecule has 0 amide bonds. The van der Waals surface area contributed by atoms with Crippen molar-refractivity contribution < 1.29 is 0 Å². The molecule has 0 saturated carbocycles. The number of H-pyrrole nitrogens is 1. The second-order valence-electron chi connectivity index (χ2n) is 3.58. The van der Waals surface area contributed by atoms with E-state index in [4.69, 9.17) is 0 Å². The van der Waals surface area contributed by atoms with Crippen LogP contribution < -0.4 is 4.90 Å². The summed E-state index contributed by atoms with van der Waals surface area (Å²) in [6.07, 6.45) is 4.64. The molecule has 1 aromatic carbocycles. The van der Waals surface area contributed by atoms with Crippen LogP contribution in [0.3, 0.4) is 0 Å². The van der Waals surface area contributed by atoms with E-state index in [9.17, 15) is 0 Å². The molecule has 1 aliphatic heterocycles. The summed E-state index contributed by atoms with van der Waals surface area (Å²) < 4.78 is 0. The van der Waals surface area contributed by atoms with Crippen molar-refractivity contribution in [2.45, 2.75) is 6.42 Å². The van der Waals surface area contributed by atoms with Gasteiger partial charge >= 0.3 is 0 Å². The molecule has 0 bridgehead atoms. The van der Waals surface area contributed by atoms with Crippen LogP contribution in [0, 0.1) is 6.54 Å². The van der Waals surface area contributed by atoms with Gasteiger partial charge in [0.2, 0.25) is 5.95 Å². The van der Waals surface area contributed by atoms with Crippen LogP contribution in [-0.4, -0.2) is 16.5 Å². The van der Waals surface area contributed by atoms with Gasteiger partial charge in [-0.15, -0.1) is 0 Å². The maximum Gasteiger partial charge on any atom is 0.203 e. The number of hydrogen-bond acceptors (Lipinski definition) is 2. The maximum atomic E-state index is 4.22. The zero-order valence-electron chi connectivity index (χ0n) is 8.27. The maximum absolute atomic E-state index is 4.22. The Morgan fingerprint density at radius 2 is 2.27 bits per heavy atom. The first kappa shape index (κ1) is 8.53. The smallest absolute Gasteiger partial charge is 0.203 e. The zero-order chi connectivity index (χ0) is 10.1. The minimum atomic E-state index is 0.865. The van der Waals surface area contributed by atoms with Gasteiger partial charge in [-0.25, -0.2) is 4.98 Å². The van der Waals surface area contributed by atoms with Gasteiger partial charge in [-0.05, 0) is 17.5 Å². The average Bonchev–Trinajstić information content (AvgIpc) is 2.82. The van der Waals surface area contributed by atoms with Gasteiger partial charge in [-0.3, -0.25) is 0 Å². The first-order chi connectivity index (χ1) is 7.43. The molecule has 2 radical (unpaired) electrons. The molecular formula is C12H11N3. The largest absolute Gasteiger partial charge is 0.331 e. The van der Waals surface area contributed by atoms with Crippen LogP contribution >= 0.6 is 0 Å². The fourth-order valence-electron chi connectivity index (χ4n) is 1.84. The Kier molecular flexibility index (Phi) is 1.95. The minimum absolute atomic E-state index is 0.865. The highest BCUT2D eigenvalue weighted by Crippen LogP contribution is 2.22. The van der Waals surface area contributed by atoms with E-state index in [2.05, 4.69) is 34.7 Å². The highest BCUT2D eigenvalue weighted by atomic mass is 15.3. The molecule has 3 rings (SSSR count).